The topological polar surface area (TPSA) is 65.5 Å². The summed E-state index contributed by atoms with van der Waals surface area (Å²) in [5.41, 5.74) is -0.325. The second-order valence-electron chi connectivity index (χ2n) is 6.19. The molecule has 0 aliphatic carbocycles. The van der Waals surface area contributed by atoms with Gasteiger partial charge in [0.2, 0.25) is 5.91 Å². The highest BCUT2D eigenvalue weighted by molar-refractivity contribution is 14.0. The van der Waals surface area contributed by atoms with Gasteiger partial charge in [0.1, 0.15) is 11.6 Å². The summed E-state index contributed by atoms with van der Waals surface area (Å²) < 4.78 is 26.9. The molecule has 0 bridgehead atoms. The Kier molecular flexibility index (Phi) is 9.91. The first kappa shape index (κ1) is 23.5. The van der Waals surface area contributed by atoms with Gasteiger partial charge < -0.3 is 16.0 Å². The molecule has 0 saturated heterocycles. The van der Waals surface area contributed by atoms with Crippen molar-refractivity contribution in [3.05, 3.63) is 35.4 Å². The van der Waals surface area contributed by atoms with Gasteiger partial charge in [-0.05, 0) is 33.8 Å². The highest BCUT2D eigenvalue weighted by Crippen LogP contribution is 2.18. The van der Waals surface area contributed by atoms with Crippen LogP contribution >= 0.6 is 24.0 Å². The van der Waals surface area contributed by atoms with E-state index in [1.54, 1.807) is 27.8 Å². The van der Waals surface area contributed by atoms with Crippen LogP contribution in [0.3, 0.4) is 0 Å². The van der Waals surface area contributed by atoms with Crippen LogP contribution in [0.4, 0.5) is 8.78 Å². The summed E-state index contributed by atoms with van der Waals surface area (Å²) in [4.78, 5) is 16.2. The molecule has 0 aromatic heterocycles. The standard InChI is InChI=1S/C17H26F2N4O.HI/c1-6-21-16(22-10-17(3,4)15(24)20-5)23-11(2)13-8-7-12(18)9-14(13)19;/h7-9,11H,6,10H2,1-5H3,(H,20,24)(H2,21,22,23);1H. The normalized spacial score (nSPS) is 12.8. The zero-order valence-corrected chi connectivity index (χ0v) is 17.6. The van der Waals surface area contributed by atoms with E-state index in [2.05, 4.69) is 20.9 Å². The van der Waals surface area contributed by atoms with Crippen molar-refractivity contribution >= 4 is 35.8 Å². The summed E-state index contributed by atoms with van der Waals surface area (Å²) >= 11 is 0. The Hall–Kier alpha value is -1.45. The molecular weight excluding hydrogens is 441 g/mol. The Balaban J connectivity index is 0.00000576. The number of carbonyl (C=O) groups excluding carboxylic acids is 1. The maximum atomic E-state index is 13.9. The smallest absolute Gasteiger partial charge is 0.227 e. The van der Waals surface area contributed by atoms with E-state index >= 15 is 0 Å². The van der Waals surface area contributed by atoms with Gasteiger partial charge in [-0.2, -0.15) is 0 Å². The largest absolute Gasteiger partial charge is 0.359 e. The lowest BCUT2D eigenvalue weighted by Crippen LogP contribution is -2.41. The van der Waals surface area contributed by atoms with Crippen molar-refractivity contribution in [1.29, 1.82) is 0 Å². The fourth-order valence-corrected chi connectivity index (χ4v) is 2.14. The second-order valence-corrected chi connectivity index (χ2v) is 6.19. The number of nitrogens with one attached hydrogen (secondary N) is 3. The molecule has 1 rings (SSSR count). The van der Waals surface area contributed by atoms with Crippen LogP contribution in [0.15, 0.2) is 23.2 Å². The van der Waals surface area contributed by atoms with Gasteiger partial charge in [-0.3, -0.25) is 9.79 Å². The number of hydrogen-bond acceptors (Lipinski definition) is 2. The molecule has 1 atom stereocenters. The number of amides is 1. The third-order valence-electron chi connectivity index (χ3n) is 3.60. The molecule has 5 nitrogen and oxygen atoms in total. The van der Waals surface area contributed by atoms with Crippen molar-refractivity contribution in [2.45, 2.75) is 33.7 Å². The molecule has 1 aromatic rings. The van der Waals surface area contributed by atoms with Crippen LogP contribution in [0, 0.1) is 17.0 Å². The highest BCUT2D eigenvalue weighted by Gasteiger charge is 2.26. The maximum Gasteiger partial charge on any atom is 0.227 e. The first-order valence-corrected chi connectivity index (χ1v) is 7.93. The summed E-state index contributed by atoms with van der Waals surface area (Å²) in [6.45, 7) is 8.13. The number of rotatable bonds is 6. The molecule has 0 fully saturated rings. The molecule has 8 heteroatoms. The predicted octanol–water partition coefficient (Wildman–Crippen LogP) is 2.97. The van der Waals surface area contributed by atoms with Crippen molar-refractivity contribution < 1.29 is 13.6 Å². The zero-order valence-electron chi connectivity index (χ0n) is 15.2. The van der Waals surface area contributed by atoms with Gasteiger partial charge in [0.15, 0.2) is 5.96 Å². The van der Waals surface area contributed by atoms with Crippen LogP contribution in [0.25, 0.3) is 0 Å². The highest BCUT2D eigenvalue weighted by atomic mass is 127. The molecule has 0 aliphatic rings. The molecule has 0 spiro atoms. The van der Waals surface area contributed by atoms with Gasteiger partial charge in [-0.15, -0.1) is 24.0 Å². The van der Waals surface area contributed by atoms with Gasteiger partial charge in [0.25, 0.3) is 0 Å². The van der Waals surface area contributed by atoms with Crippen molar-refractivity contribution in [2.75, 3.05) is 20.1 Å². The van der Waals surface area contributed by atoms with Crippen molar-refractivity contribution in [2.24, 2.45) is 10.4 Å². The fraction of sp³-hybridized carbons (Fsp3) is 0.529. The molecule has 0 radical (unpaired) electrons. The van der Waals surface area contributed by atoms with Crippen LogP contribution in [-0.4, -0.2) is 32.0 Å². The minimum Gasteiger partial charge on any atom is -0.359 e. The summed E-state index contributed by atoms with van der Waals surface area (Å²) in [5, 5.41) is 8.73. The third-order valence-corrected chi connectivity index (χ3v) is 3.60. The molecule has 25 heavy (non-hydrogen) atoms. The second kappa shape index (κ2) is 10.5. The fourth-order valence-electron chi connectivity index (χ4n) is 2.14. The minimum atomic E-state index is -0.665. The molecular formula is C17H27F2IN4O. The maximum absolute atomic E-state index is 13.9. The number of carbonyl (C=O) groups is 1. The third kappa shape index (κ3) is 7.13. The van der Waals surface area contributed by atoms with Crippen LogP contribution in [0.5, 0.6) is 0 Å². The SMILES string of the molecule is CCNC(=NCC(C)(C)C(=O)NC)NC(C)c1ccc(F)cc1F.I. The van der Waals surface area contributed by atoms with Crippen LogP contribution in [0.2, 0.25) is 0 Å². The van der Waals surface area contributed by atoms with Gasteiger partial charge in [-0.25, -0.2) is 8.78 Å². The quantitative estimate of drug-likeness (QED) is 0.342. The molecule has 0 heterocycles. The van der Waals surface area contributed by atoms with Crippen molar-refractivity contribution in [3.63, 3.8) is 0 Å². The van der Waals surface area contributed by atoms with E-state index in [9.17, 15) is 13.6 Å². The van der Waals surface area contributed by atoms with Gasteiger partial charge in [0, 0.05) is 25.2 Å². The lowest BCUT2D eigenvalue weighted by atomic mass is 9.93. The van der Waals surface area contributed by atoms with E-state index < -0.39 is 23.1 Å². The number of aliphatic imine (C=N–C) groups is 1. The first-order chi connectivity index (χ1) is 11.2. The first-order valence-electron chi connectivity index (χ1n) is 7.93. The molecule has 1 amide bonds. The number of benzene rings is 1. The number of hydrogen-bond donors (Lipinski definition) is 3. The lowest BCUT2D eigenvalue weighted by Gasteiger charge is -2.23. The summed E-state index contributed by atoms with van der Waals surface area (Å²) in [6.07, 6.45) is 0. The van der Waals surface area contributed by atoms with E-state index in [-0.39, 0.29) is 36.4 Å². The lowest BCUT2D eigenvalue weighted by molar-refractivity contribution is -0.128. The Morgan fingerprint density at radius 3 is 2.48 bits per heavy atom. The Morgan fingerprint density at radius 2 is 1.96 bits per heavy atom. The average Bonchev–Trinajstić information content (AvgIpc) is 2.51. The average molecular weight is 468 g/mol. The predicted molar refractivity (Wildman–Crippen MR) is 107 cm³/mol. The Bertz CT molecular complexity index is 608. The van der Waals surface area contributed by atoms with E-state index in [0.717, 1.165) is 6.07 Å². The minimum absolute atomic E-state index is 0. The summed E-state index contributed by atoms with van der Waals surface area (Å²) in [7, 11) is 1.58. The number of halogens is 3. The summed E-state index contributed by atoms with van der Waals surface area (Å²) in [5.74, 6) is -0.877. The summed E-state index contributed by atoms with van der Waals surface area (Å²) in [6, 6.07) is 3.06. The van der Waals surface area contributed by atoms with E-state index in [1.807, 2.05) is 6.92 Å². The van der Waals surface area contributed by atoms with Gasteiger partial charge >= 0.3 is 0 Å². The van der Waals surface area contributed by atoms with Gasteiger partial charge in [0.05, 0.1) is 18.0 Å². The van der Waals surface area contributed by atoms with E-state index in [0.29, 0.717) is 18.1 Å². The Morgan fingerprint density at radius 1 is 1.32 bits per heavy atom. The zero-order chi connectivity index (χ0) is 18.3. The molecule has 3 N–H and O–H groups in total. The monoisotopic (exact) mass is 468 g/mol. The molecule has 1 unspecified atom stereocenters. The van der Waals surface area contributed by atoms with Gasteiger partial charge in [-0.1, -0.05) is 6.07 Å². The number of guanidine groups is 1. The van der Waals surface area contributed by atoms with E-state index in [4.69, 9.17) is 0 Å². The van der Waals surface area contributed by atoms with Crippen molar-refractivity contribution in [1.82, 2.24) is 16.0 Å². The number of nitrogens with zero attached hydrogens (tertiary/aromatic N) is 1. The molecule has 0 saturated carbocycles. The Labute approximate surface area is 165 Å². The van der Waals surface area contributed by atoms with Crippen molar-refractivity contribution in [3.8, 4) is 0 Å². The van der Waals surface area contributed by atoms with Crippen LogP contribution in [0.1, 0.15) is 39.3 Å². The molecule has 1 aromatic carbocycles. The molecule has 142 valence electrons. The van der Waals surface area contributed by atoms with Crippen LogP contribution in [-0.2, 0) is 4.79 Å². The molecule has 0 aliphatic heterocycles. The van der Waals surface area contributed by atoms with E-state index in [1.165, 1.54) is 12.1 Å². The van der Waals surface area contributed by atoms with Crippen LogP contribution < -0.4 is 16.0 Å².